The molecule has 5 nitrogen and oxygen atoms in total. The second kappa shape index (κ2) is 5.86. The minimum atomic E-state index is -0.256. The van der Waals surface area contributed by atoms with Crippen molar-refractivity contribution in [2.45, 2.75) is 6.92 Å². The molecule has 2 aromatic heterocycles. The molecule has 0 aliphatic rings. The van der Waals surface area contributed by atoms with E-state index in [0.29, 0.717) is 16.8 Å². The highest BCUT2D eigenvalue weighted by atomic mass is 35.5. The zero-order valence-corrected chi connectivity index (χ0v) is 14.4. The Kier molecular flexibility index (Phi) is 3.66. The fourth-order valence-electron chi connectivity index (χ4n) is 3.12. The summed E-state index contributed by atoms with van der Waals surface area (Å²) in [7, 11) is 1.59. The molecule has 0 amide bonds. The van der Waals surface area contributed by atoms with Crippen molar-refractivity contribution >= 4 is 33.3 Å². The molecular formula is C19H14ClN3O2. The fraction of sp³-hybridized carbons (Fsp3) is 0.105. The molecule has 0 fully saturated rings. The van der Waals surface area contributed by atoms with E-state index in [1.165, 1.54) is 6.33 Å². The first-order valence-electron chi connectivity index (χ1n) is 7.71. The van der Waals surface area contributed by atoms with Crippen molar-refractivity contribution in [2.75, 3.05) is 7.11 Å². The predicted molar refractivity (Wildman–Crippen MR) is 98.9 cm³/mol. The number of ether oxygens (including phenoxy) is 1. The number of methoxy groups -OCH3 is 1. The standard InChI is InChI=1S/C19H14ClN3O2/c1-11-9-14-16(21-10-22-18(14)20)19(24)23(11)17-13-6-4-3-5-12(13)7-8-15(17)25-2/h3-10H,1-2H3. The Hall–Kier alpha value is -2.92. The Morgan fingerprint density at radius 2 is 1.88 bits per heavy atom. The summed E-state index contributed by atoms with van der Waals surface area (Å²) in [6, 6.07) is 13.5. The molecular weight excluding hydrogens is 338 g/mol. The molecule has 0 spiro atoms. The van der Waals surface area contributed by atoms with E-state index in [-0.39, 0.29) is 16.2 Å². The van der Waals surface area contributed by atoms with Crippen LogP contribution in [0.3, 0.4) is 0 Å². The number of hydrogen-bond acceptors (Lipinski definition) is 4. The molecule has 0 atom stereocenters. The summed E-state index contributed by atoms with van der Waals surface area (Å²) in [5, 5.41) is 2.75. The van der Waals surface area contributed by atoms with E-state index in [0.717, 1.165) is 16.5 Å². The van der Waals surface area contributed by atoms with Crippen molar-refractivity contribution in [2.24, 2.45) is 0 Å². The number of aryl methyl sites for hydroxylation is 1. The molecule has 4 rings (SSSR count). The van der Waals surface area contributed by atoms with Gasteiger partial charge in [-0.3, -0.25) is 9.36 Å². The summed E-state index contributed by atoms with van der Waals surface area (Å²) >= 11 is 6.13. The van der Waals surface area contributed by atoms with Crippen LogP contribution in [0.1, 0.15) is 5.69 Å². The number of nitrogens with zero attached hydrogens (tertiary/aromatic N) is 3. The molecule has 0 aliphatic carbocycles. The van der Waals surface area contributed by atoms with Gasteiger partial charge in [0, 0.05) is 16.5 Å². The number of rotatable bonds is 2. The maximum absolute atomic E-state index is 13.2. The predicted octanol–water partition coefficient (Wildman–Crippen LogP) is 3.90. The molecule has 2 heterocycles. The lowest BCUT2D eigenvalue weighted by molar-refractivity contribution is 0.413. The Morgan fingerprint density at radius 3 is 2.68 bits per heavy atom. The van der Waals surface area contributed by atoms with Gasteiger partial charge >= 0.3 is 0 Å². The van der Waals surface area contributed by atoms with Gasteiger partial charge in [0.25, 0.3) is 5.56 Å². The first-order chi connectivity index (χ1) is 12.1. The lowest BCUT2D eigenvalue weighted by atomic mass is 10.1. The smallest absolute Gasteiger partial charge is 0.282 e. The average Bonchev–Trinajstić information content (AvgIpc) is 2.63. The normalized spacial score (nSPS) is 11.2. The average molecular weight is 352 g/mol. The van der Waals surface area contributed by atoms with E-state index >= 15 is 0 Å². The van der Waals surface area contributed by atoms with Crippen LogP contribution in [0.4, 0.5) is 0 Å². The maximum Gasteiger partial charge on any atom is 0.282 e. The van der Waals surface area contributed by atoms with Gasteiger partial charge in [-0.1, -0.05) is 41.9 Å². The summed E-state index contributed by atoms with van der Waals surface area (Å²) < 4.78 is 7.15. The van der Waals surface area contributed by atoms with E-state index in [1.807, 2.05) is 49.4 Å². The van der Waals surface area contributed by atoms with Gasteiger partial charge in [0.1, 0.15) is 22.7 Å². The van der Waals surface area contributed by atoms with Gasteiger partial charge in [0.2, 0.25) is 0 Å². The van der Waals surface area contributed by atoms with E-state index in [4.69, 9.17) is 16.3 Å². The van der Waals surface area contributed by atoms with Crippen LogP contribution < -0.4 is 10.3 Å². The van der Waals surface area contributed by atoms with Crippen molar-refractivity contribution in [1.82, 2.24) is 14.5 Å². The molecule has 6 heteroatoms. The van der Waals surface area contributed by atoms with Crippen LogP contribution in [0.25, 0.3) is 27.4 Å². The summed E-state index contributed by atoms with van der Waals surface area (Å²) in [6.45, 7) is 1.85. The molecule has 0 unspecified atom stereocenters. The summed E-state index contributed by atoms with van der Waals surface area (Å²) in [4.78, 5) is 21.3. The molecule has 0 bridgehead atoms. The monoisotopic (exact) mass is 351 g/mol. The highest BCUT2D eigenvalue weighted by Gasteiger charge is 2.17. The first kappa shape index (κ1) is 15.6. The summed E-state index contributed by atoms with van der Waals surface area (Å²) in [5.41, 5.74) is 1.44. The molecule has 2 aromatic carbocycles. The molecule has 0 aliphatic heterocycles. The third kappa shape index (κ3) is 2.36. The molecule has 0 saturated heterocycles. The van der Waals surface area contributed by atoms with Crippen molar-refractivity contribution in [3.63, 3.8) is 0 Å². The van der Waals surface area contributed by atoms with Crippen molar-refractivity contribution in [1.29, 1.82) is 0 Å². The first-order valence-corrected chi connectivity index (χ1v) is 8.08. The van der Waals surface area contributed by atoms with Gasteiger partial charge in [-0.05, 0) is 24.4 Å². The van der Waals surface area contributed by atoms with Crippen LogP contribution in [-0.4, -0.2) is 21.6 Å². The second-order valence-electron chi connectivity index (χ2n) is 5.69. The maximum atomic E-state index is 13.2. The Morgan fingerprint density at radius 1 is 1.08 bits per heavy atom. The van der Waals surface area contributed by atoms with Crippen LogP contribution in [0.15, 0.2) is 53.6 Å². The van der Waals surface area contributed by atoms with Crippen LogP contribution in [0, 0.1) is 6.92 Å². The quantitative estimate of drug-likeness (QED) is 0.514. The van der Waals surface area contributed by atoms with Gasteiger partial charge in [-0.15, -0.1) is 0 Å². The minimum absolute atomic E-state index is 0.256. The van der Waals surface area contributed by atoms with Crippen molar-refractivity contribution < 1.29 is 4.74 Å². The van der Waals surface area contributed by atoms with Gasteiger partial charge in [0.05, 0.1) is 12.8 Å². The number of aromatic nitrogens is 3. The topological polar surface area (TPSA) is 57.0 Å². The van der Waals surface area contributed by atoms with Gasteiger partial charge in [-0.25, -0.2) is 9.97 Å². The van der Waals surface area contributed by atoms with Crippen LogP contribution in [-0.2, 0) is 0 Å². The summed E-state index contributed by atoms with van der Waals surface area (Å²) in [5.74, 6) is 0.614. The van der Waals surface area contributed by atoms with E-state index in [1.54, 1.807) is 11.7 Å². The van der Waals surface area contributed by atoms with E-state index < -0.39 is 0 Å². The largest absolute Gasteiger partial charge is 0.495 e. The SMILES string of the molecule is COc1ccc2ccccc2c1-n1c(C)cc2c(Cl)ncnc2c1=O. The molecule has 4 aromatic rings. The Bertz CT molecular complexity index is 1180. The van der Waals surface area contributed by atoms with Gasteiger partial charge < -0.3 is 4.74 Å². The number of pyridine rings is 1. The third-order valence-corrected chi connectivity index (χ3v) is 4.56. The lowest BCUT2D eigenvalue weighted by Crippen LogP contribution is -2.22. The zero-order chi connectivity index (χ0) is 17.6. The van der Waals surface area contributed by atoms with E-state index in [2.05, 4.69) is 9.97 Å². The highest BCUT2D eigenvalue weighted by molar-refractivity contribution is 6.34. The Balaban J connectivity index is 2.20. The number of fused-ring (bicyclic) bond motifs is 2. The van der Waals surface area contributed by atoms with Crippen LogP contribution in [0.2, 0.25) is 5.15 Å². The zero-order valence-electron chi connectivity index (χ0n) is 13.7. The molecule has 0 radical (unpaired) electrons. The number of hydrogen-bond donors (Lipinski definition) is 0. The minimum Gasteiger partial charge on any atom is -0.495 e. The third-order valence-electron chi connectivity index (χ3n) is 4.25. The number of halogens is 1. The second-order valence-corrected chi connectivity index (χ2v) is 6.05. The highest BCUT2D eigenvalue weighted by Crippen LogP contribution is 2.32. The van der Waals surface area contributed by atoms with Crippen LogP contribution in [0.5, 0.6) is 5.75 Å². The molecule has 0 saturated carbocycles. The van der Waals surface area contributed by atoms with Gasteiger partial charge in [0.15, 0.2) is 0 Å². The molecule has 124 valence electrons. The van der Waals surface area contributed by atoms with E-state index in [9.17, 15) is 4.79 Å². The molecule has 0 N–H and O–H groups in total. The summed E-state index contributed by atoms with van der Waals surface area (Å²) in [6.07, 6.45) is 1.30. The fourth-order valence-corrected chi connectivity index (χ4v) is 3.31. The van der Waals surface area contributed by atoms with Gasteiger partial charge in [-0.2, -0.15) is 0 Å². The van der Waals surface area contributed by atoms with Crippen LogP contribution >= 0.6 is 11.6 Å². The lowest BCUT2D eigenvalue weighted by Gasteiger charge is -2.17. The van der Waals surface area contributed by atoms with Crippen molar-refractivity contribution in [3.8, 4) is 11.4 Å². The number of benzene rings is 2. The Labute approximate surface area is 148 Å². The molecule has 25 heavy (non-hydrogen) atoms. The van der Waals surface area contributed by atoms with Crippen molar-refractivity contribution in [3.05, 3.63) is 70.0 Å².